The lowest BCUT2D eigenvalue weighted by Crippen LogP contribution is -2.47. The van der Waals surface area contributed by atoms with Crippen molar-refractivity contribution in [3.05, 3.63) is 23.9 Å². The van der Waals surface area contributed by atoms with Crippen LogP contribution in [-0.4, -0.2) is 40.4 Å². The number of rotatable bonds is 4. The number of carboxylic acids is 1. The number of hydrogen-bond donors (Lipinski definition) is 2. The van der Waals surface area contributed by atoms with E-state index in [0.29, 0.717) is 12.4 Å². The summed E-state index contributed by atoms with van der Waals surface area (Å²) in [5, 5.41) is 18.9. The van der Waals surface area contributed by atoms with Gasteiger partial charge >= 0.3 is 5.97 Å². The lowest BCUT2D eigenvalue weighted by Gasteiger charge is -2.39. The quantitative estimate of drug-likeness (QED) is 0.819. The van der Waals surface area contributed by atoms with E-state index in [1.165, 1.54) is 6.07 Å². The first-order valence-corrected chi connectivity index (χ1v) is 5.64. The first-order chi connectivity index (χ1) is 8.00. The van der Waals surface area contributed by atoms with Crippen LogP contribution < -0.4 is 4.90 Å². The minimum atomic E-state index is -1.04. The number of nitrogens with zero attached hydrogens (tertiary/aromatic N) is 2. The lowest BCUT2D eigenvalue weighted by atomic mass is 9.80. The number of carboxylic acid groups (broad SMARTS) is 1. The molecule has 0 atom stereocenters. The Kier molecular flexibility index (Phi) is 3.02. The molecule has 0 bridgehead atoms. The van der Waals surface area contributed by atoms with Crippen LogP contribution in [-0.2, 0) is 0 Å². The Hall–Kier alpha value is -1.62. The molecule has 92 valence electrons. The molecule has 1 aromatic heterocycles. The molecule has 0 saturated heterocycles. The van der Waals surface area contributed by atoms with Crippen LogP contribution in [0.15, 0.2) is 18.2 Å². The SMILES string of the molecule is CN(CC1(O)CCC1)c1cccc(C(=O)O)n1. The van der Waals surface area contributed by atoms with Crippen molar-refractivity contribution in [2.45, 2.75) is 24.9 Å². The highest BCUT2D eigenvalue weighted by atomic mass is 16.4. The molecule has 1 heterocycles. The first-order valence-electron chi connectivity index (χ1n) is 5.64. The molecule has 1 aliphatic rings. The Bertz CT molecular complexity index is 430. The fraction of sp³-hybridized carbons (Fsp3) is 0.500. The van der Waals surface area contributed by atoms with Gasteiger partial charge in [0.1, 0.15) is 5.82 Å². The number of aromatic carboxylic acids is 1. The number of aromatic nitrogens is 1. The van der Waals surface area contributed by atoms with E-state index in [2.05, 4.69) is 4.98 Å². The monoisotopic (exact) mass is 236 g/mol. The molecule has 0 aromatic carbocycles. The average Bonchev–Trinajstić information content (AvgIpc) is 2.27. The van der Waals surface area contributed by atoms with Crippen LogP contribution in [0.1, 0.15) is 29.8 Å². The van der Waals surface area contributed by atoms with Gasteiger partial charge in [-0.2, -0.15) is 0 Å². The van der Waals surface area contributed by atoms with Crippen LogP contribution in [0.5, 0.6) is 0 Å². The summed E-state index contributed by atoms with van der Waals surface area (Å²) >= 11 is 0. The van der Waals surface area contributed by atoms with Crippen molar-refractivity contribution in [3.8, 4) is 0 Å². The zero-order valence-electron chi connectivity index (χ0n) is 9.76. The van der Waals surface area contributed by atoms with Crippen LogP contribution in [0.4, 0.5) is 5.82 Å². The van der Waals surface area contributed by atoms with Gasteiger partial charge in [-0.25, -0.2) is 9.78 Å². The van der Waals surface area contributed by atoms with Gasteiger partial charge in [0.15, 0.2) is 5.69 Å². The van der Waals surface area contributed by atoms with E-state index in [1.54, 1.807) is 17.0 Å². The third kappa shape index (κ3) is 2.55. The largest absolute Gasteiger partial charge is 0.477 e. The zero-order chi connectivity index (χ0) is 12.5. The number of pyridine rings is 1. The number of hydrogen-bond acceptors (Lipinski definition) is 4. The Labute approximate surface area is 99.7 Å². The molecule has 1 saturated carbocycles. The summed E-state index contributed by atoms with van der Waals surface area (Å²) in [5.41, 5.74) is -0.606. The van der Waals surface area contributed by atoms with Gasteiger partial charge in [0.25, 0.3) is 0 Å². The van der Waals surface area contributed by atoms with Crippen molar-refractivity contribution in [1.29, 1.82) is 0 Å². The molecule has 0 aliphatic heterocycles. The smallest absolute Gasteiger partial charge is 0.354 e. The summed E-state index contributed by atoms with van der Waals surface area (Å²) in [4.78, 5) is 16.6. The summed E-state index contributed by atoms with van der Waals surface area (Å²) in [5.74, 6) is -0.465. The van der Waals surface area contributed by atoms with Gasteiger partial charge in [-0.1, -0.05) is 6.07 Å². The second-order valence-electron chi connectivity index (χ2n) is 4.62. The average molecular weight is 236 g/mol. The molecule has 0 radical (unpaired) electrons. The van der Waals surface area contributed by atoms with Crippen molar-refractivity contribution in [2.75, 3.05) is 18.5 Å². The summed E-state index contributed by atoms with van der Waals surface area (Å²) in [6, 6.07) is 4.86. The molecule has 1 aromatic rings. The van der Waals surface area contributed by atoms with Crippen LogP contribution >= 0.6 is 0 Å². The first kappa shape index (κ1) is 11.9. The summed E-state index contributed by atoms with van der Waals surface area (Å²) in [7, 11) is 1.81. The second kappa shape index (κ2) is 4.33. The molecule has 0 unspecified atom stereocenters. The van der Waals surface area contributed by atoms with Gasteiger partial charge in [0.05, 0.1) is 5.60 Å². The van der Waals surface area contributed by atoms with Gasteiger partial charge in [0.2, 0.25) is 0 Å². The molecule has 17 heavy (non-hydrogen) atoms. The van der Waals surface area contributed by atoms with E-state index in [4.69, 9.17) is 5.11 Å². The van der Waals surface area contributed by atoms with Gasteiger partial charge in [0, 0.05) is 13.6 Å². The maximum atomic E-state index is 10.8. The Balaban J connectivity index is 2.10. The fourth-order valence-electron chi connectivity index (χ4n) is 2.02. The van der Waals surface area contributed by atoms with Crippen molar-refractivity contribution >= 4 is 11.8 Å². The molecule has 2 rings (SSSR count). The molecular formula is C12H16N2O3. The molecular weight excluding hydrogens is 220 g/mol. The molecule has 2 N–H and O–H groups in total. The van der Waals surface area contributed by atoms with Crippen molar-refractivity contribution in [3.63, 3.8) is 0 Å². The predicted octanol–water partition coefficient (Wildman–Crippen LogP) is 1.13. The Morgan fingerprint density at radius 3 is 2.76 bits per heavy atom. The van der Waals surface area contributed by atoms with Crippen molar-refractivity contribution < 1.29 is 15.0 Å². The van der Waals surface area contributed by atoms with Gasteiger partial charge in [-0.3, -0.25) is 0 Å². The van der Waals surface area contributed by atoms with Crippen LogP contribution in [0, 0.1) is 0 Å². The second-order valence-corrected chi connectivity index (χ2v) is 4.62. The standard InChI is InChI=1S/C12H16N2O3/c1-14(8-12(17)6-3-7-12)10-5-2-4-9(13-10)11(15)16/h2,4-5,17H,3,6-8H2,1H3,(H,15,16). The van der Waals surface area contributed by atoms with E-state index in [-0.39, 0.29) is 5.69 Å². The maximum Gasteiger partial charge on any atom is 0.354 e. The predicted molar refractivity (Wildman–Crippen MR) is 63.3 cm³/mol. The zero-order valence-corrected chi connectivity index (χ0v) is 9.76. The van der Waals surface area contributed by atoms with E-state index < -0.39 is 11.6 Å². The van der Waals surface area contributed by atoms with Crippen molar-refractivity contribution in [2.24, 2.45) is 0 Å². The fourth-order valence-corrected chi connectivity index (χ4v) is 2.02. The van der Waals surface area contributed by atoms with E-state index in [9.17, 15) is 9.90 Å². The highest BCUT2D eigenvalue weighted by molar-refractivity contribution is 5.85. The highest BCUT2D eigenvalue weighted by Crippen LogP contribution is 2.32. The van der Waals surface area contributed by atoms with Gasteiger partial charge in [-0.05, 0) is 31.4 Å². The lowest BCUT2D eigenvalue weighted by molar-refractivity contribution is -0.0248. The topological polar surface area (TPSA) is 73.7 Å². The Morgan fingerprint density at radius 2 is 2.24 bits per heavy atom. The summed E-state index contributed by atoms with van der Waals surface area (Å²) in [6.07, 6.45) is 2.65. The van der Waals surface area contributed by atoms with Crippen LogP contribution in [0.3, 0.4) is 0 Å². The normalized spacial score (nSPS) is 17.3. The van der Waals surface area contributed by atoms with E-state index >= 15 is 0 Å². The number of anilines is 1. The van der Waals surface area contributed by atoms with E-state index in [0.717, 1.165) is 19.3 Å². The number of aliphatic hydroxyl groups is 1. The Morgan fingerprint density at radius 1 is 1.53 bits per heavy atom. The molecule has 5 nitrogen and oxygen atoms in total. The highest BCUT2D eigenvalue weighted by Gasteiger charge is 2.35. The number of likely N-dealkylation sites (N-methyl/N-ethyl adjacent to an activating group) is 1. The third-order valence-corrected chi connectivity index (χ3v) is 3.16. The molecule has 0 amide bonds. The summed E-state index contributed by atoms with van der Waals surface area (Å²) < 4.78 is 0. The van der Waals surface area contributed by atoms with Gasteiger partial charge in [-0.15, -0.1) is 0 Å². The van der Waals surface area contributed by atoms with Gasteiger partial charge < -0.3 is 15.1 Å². The maximum absolute atomic E-state index is 10.8. The minimum Gasteiger partial charge on any atom is -0.477 e. The van der Waals surface area contributed by atoms with Crippen molar-refractivity contribution in [1.82, 2.24) is 4.98 Å². The van der Waals surface area contributed by atoms with Crippen LogP contribution in [0.25, 0.3) is 0 Å². The molecule has 1 fully saturated rings. The number of carbonyl (C=O) groups is 1. The minimum absolute atomic E-state index is 0.0231. The molecule has 5 heteroatoms. The summed E-state index contributed by atoms with van der Waals surface area (Å²) in [6.45, 7) is 0.489. The van der Waals surface area contributed by atoms with Crippen LogP contribution in [0.2, 0.25) is 0 Å². The molecule has 1 aliphatic carbocycles. The van der Waals surface area contributed by atoms with E-state index in [1.807, 2.05) is 7.05 Å². The molecule has 0 spiro atoms. The third-order valence-electron chi connectivity index (χ3n) is 3.16.